The molecule has 1 aliphatic rings. The third-order valence-electron chi connectivity index (χ3n) is 6.40. The zero-order valence-electron chi connectivity index (χ0n) is 21.8. The molecule has 4 N–H and O–H groups in total. The monoisotopic (exact) mass is 531 g/mol. The topological polar surface area (TPSA) is 130 Å². The third kappa shape index (κ3) is 6.13. The summed E-state index contributed by atoms with van der Waals surface area (Å²) in [6, 6.07) is 15.3. The summed E-state index contributed by atoms with van der Waals surface area (Å²) in [5.74, 6) is -0.238. The van der Waals surface area contributed by atoms with Gasteiger partial charge in [0, 0.05) is 40.0 Å². The fourth-order valence-corrected chi connectivity index (χ4v) is 5.43. The van der Waals surface area contributed by atoms with Gasteiger partial charge in [0.15, 0.2) is 0 Å². The van der Waals surface area contributed by atoms with Crippen molar-refractivity contribution in [2.75, 3.05) is 0 Å². The molecular formula is C29H30ClN5O3. The molecule has 1 aliphatic heterocycles. The lowest BCUT2D eigenvalue weighted by Crippen LogP contribution is -2.62. The van der Waals surface area contributed by atoms with Crippen molar-refractivity contribution in [3.8, 4) is 28.7 Å². The lowest BCUT2D eigenvalue weighted by molar-refractivity contribution is 0.0872. The molecule has 2 aromatic carbocycles. The quantitative estimate of drug-likeness (QED) is 0.400. The van der Waals surface area contributed by atoms with Crippen molar-refractivity contribution in [2.45, 2.75) is 57.7 Å². The number of amides is 2. The molecule has 0 atom stereocenters. The van der Waals surface area contributed by atoms with Gasteiger partial charge in [-0.25, -0.2) is 0 Å². The third-order valence-corrected chi connectivity index (χ3v) is 6.70. The number of aromatic nitrogens is 1. The van der Waals surface area contributed by atoms with Crippen molar-refractivity contribution in [3.63, 3.8) is 0 Å². The minimum atomic E-state index is -0.635. The van der Waals surface area contributed by atoms with Gasteiger partial charge in [-0.05, 0) is 70.9 Å². The van der Waals surface area contributed by atoms with Gasteiger partial charge in [0.1, 0.15) is 28.8 Å². The van der Waals surface area contributed by atoms with Gasteiger partial charge >= 0.3 is 0 Å². The number of nitriles is 1. The van der Waals surface area contributed by atoms with Gasteiger partial charge in [-0.2, -0.15) is 5.26 Å². The molecule has 2 amide bonds. The summed E-state index contributed by atoms with van der Waals surface area (Å²) < 4.78 is 6.01. The molecule has 1 aromatic heterocycles. The Morgan fingerprint density at radius 2 is 1.82 bits per heavy atom. The SMILES string of the molecule is CC1(C)CC(NC(=O)c2ccc(Oc3cccc(-c4ccc(C(N)=O)nc4)c3C#N)c(Cl)c2)CC(C)(C)N1. The van der Waals surface area contributed by atoms with Crippen LogP contribution in [0, 0.1) is 11.3 Å². The average Bonchev–Trinajstić information content (AvgIpc) is 2.83. The van der Waals surface area contributed by atoms with E-state index in [0.29, 0.717) is 28.2 Å². The minimum Gasteiger partial charge on any atom is -0.454 e. The summed E-state index contributed by atoms with van der Waals surface area (Å²) >= 11 is 6.50. The average molecular weight is 532 g/mol. The number of nitrogens with one attached hydrogen (secondary N) is 2. The number of piperidine rings is 1. The van der Waals surface area contributed by atoms with Gasteiger partial charge in [-0.3, -0.25) is 14.6 Å². The zero-order chi connectivity index (χ0) is 27.7. The van der Waals surface area contributed by atoms with Gasteiger partial charge in [0.2, 0.25) is 0 Å². The van der Waals surface area contributed by atoms with Crippen LogP contribution in [0.25, 0.3) is 11.1 Å². The summed E-state index contributed by atoms with van der Waals surface area (Å²) in [5, 5.41) is 16.9. The van der Waals surface area contributed by atoms with E-state index < -0.39 is 5.91 Å². The number of primary amides is 1. The Kier molecular flexibility index (Phi) is 7.45. The van der Waals surface area contributed by atoms with Crippen molar-refractivity contribution in [1.29, 1.82) is 5.26 Å². The normalized spacial score (nSPS) is 16.3. The van der Waals surface area contributed by atoms with Gasteiger partial charge in [0.25, 0.3) is 11.8 Å². The Balaban J connectivity index is 1.53. The molecule has 0 aliphatic carbocycles. The largest absolute Gasteiger partial charge is 0.454 e. The van der Waals surface area contributed by atoms with Crippen LogP contribution in [0.15, 0.2) is 54.7 Å². The summed E-state index contributed by atoms with van der Waals surface area (Å²) in [5.41, 5.74) is 7.10. The van der Waals surface area contributed by atoms with Gasteiger partial charge in [-0.15, -0.1) is 0 Å². The Morgan fingerprint density at radius 3 is 2.39 bits per heavy atom. The standard InChI is InChI=1S/C29H30ClN5O3/c1-28(2)13-19(14-29(3,4)35-28)34-27(37)17-9-11-25(22(30)12-17)38-24-7-5-6-20(21(24)15-31)18-8-10-23(26(32)36)33-16-18/h5-12,16,19,35H,13-14H2,1-4H3,(H2,32,36)(H,34,37). The molecule has 3 aromatic rings. The molecule has 1 saturated heterocycles. The highest BCUT2D eigenvalue weighted by atomic mass is 35.5. The number of carbonyl (C=O) groups is 2. The van der Waals surface area contributed by atoms with Crippen LogP contribution >= 0.6 is 11.6 Å². The van der Waals surface area contributed by atoms with Crippen LogP contribution in [0.5, 0.6) is 11.5 Å². The van der Waals surface area contributed by atoms with E-state index in [1.807, 2.05) is 0 Å². The number of pyridine rings is 1. The van der Waals surface area contributed by atoms with E-state index in [-0.39, 0.29) is 39.3 Å². The van der Waals surface area contributed by atoms with Crippen molar-refractivity contribution < 1.29 is 14.3 Å². The first-order valence-electron chi connectivity index (χ1n) is 12.2. The first-order valence-corrected chi connectivity index (χ1v) is 12.6. The van der Waals surface area contributed by atoms with E-state index in [1.54, 1.807) is 42.5 Å². The van der Waals surface area contributed by atoms with E-state index >= 15 is 0 Å². The second kappa shape index (κ2) is 10.4. The van der Waals surface area contributed by atoms with Crippen molar-refractivity contribution in [2.24, 2.45) is 5.73 Å². The molecule has 4 rings (SSSR count). The number of carbonyl (C=O) groups excluding carboxylic acids is 2. The van der Waals surface area contributed by atoms with Crippen LogP contribution in [-0.4, -0.2) is 33.9 Å². The van der Waals surface area contributed by atoms with E-state index in [9.17, 15) is 14.9 Å². The maximum absolute atomic E-state index is 13.0. The molecule has 0 radical (unpaired) electrons. The number of ether oxygens (including phenoxy) is 1. The highest BCUT2D eigenvalue weighted by molar-refractivity contribution is 6.32. The molecule has 38 heavy (non-hydrogen) atoms. The molecule has 0 saturated carbocycles. The summed E-state index contributed by atoms with van der Waals surface area (Å²) in [6.07, 6.45) is 3.10. The minimum absolute atomic E-state index is 0.0240. The number of benzene rings is 2. The molecule has 0 bridgehead atoms. The Bertz CT molecular complexity index is 1410. The van der Waals surface area contributed by atoms with Gasteiger partial charge in [-0.1, -0.05) is 29.8 Å². The lowest BCUT2D eigenvalue weighted by Gasteiger charge is -2.46. The first-order chi connectivity index (χ1) is 17.9. The number of hydrogen-bond acceptors (Lipinski definition) is 6. The van der Waals surface area contributed by atoms with Crippen LogP contribution in [0.3, 0.4) is 0 Å². The maximum Gasteiger partial charge on any atom is 0.267 e. The lowest BCUT2D eigenvalue weighted by atomic mass is 9.79. The summed E-state index contributed by atoms with van der Waals surface area (Å²) in [4.78, 5) is 28.4. The Hall–Kier alpha value is -3.93. The van der Waals surface area contributed by atoms with Gasteiger partial charge in [0.05, 0.1) is 5.02 Å². The van der Waals surface area contributed by atoms with E-state index in [4.69, 9.17) is 22.1 Å². The molecule has 2 heterocycles. The van der Waals surface area contributed by atoms with Gasteiger partial charge < -0.3 is 21.1 Å². The fourth-order valence-electron chi connectivity index (χ4n) is 5.21. The number of hydrogen-bond donors (Lipinski definition) is 3. The van der Waals surface area contributed by atoms with E-state index in [2.05, 4.69) is 49.4 Å². The number of nitrogens with two attached hydrogens (primary N) is 1. The van der Waals surface area contributed by atoms with E-state index in [1.165, 1.54) is 12.3 Å². The smallest absolute Gasteiger partial charge is 0.267 e. The van der Waals surface area contributed by atoms with Crippen LogP contribution < -0.4 is 21.1 Å². The molecule has 1 fully saturated rings. The van der Waals surface area contributed by atoms with Crippen molar-refractivity contribution in [1.82, 2.24) is 15.6 Å². The Morgan fingerprint density at radius 1 is 1.11 bits per heavy atom. The first kappa shape index (κ1) is 27.1. The van der Waals surface area contributed by atoms with Crippen LogP contribution in [0.4, 0.5) is 0 Å². The second-order valence-corrected chi connectivity index (χ2v) is 11.2. The summed E-state index contributed by atoms with van der Waals surface area (Å²) in [7, 11) is 0. The predicted octanol–water partition coefficient (Wildman–Crippen LogP) is 5.20. The van der Waals surface area contributed by atoms with E-state index in [0.717, 1.165) is 12.8 Å². The van der Waals surface area contributed by atoms with Crippen molar-refractivity contribution >= 4 is 23.4 Å². The molecule has 9 heteroatoms. The summed E-state index contributed by atoms with van der Waals surface area (Å²) in [6.45, 7) is 8.53. The highest BCUT2D eigenvalue weighted by Crippen LogP contribution is 2.36. The van der Waals surface area contributed by atoms with Crippen molar-refractivity contribution in [3.05, 3.63) is 76.6 Å². The van der Waals surface area contributed by atoms with Crippen LogP contribution in [0.2, 0.25) is 5.02 Å². The maximum atomic E-state index is 13.0. The Labute approximate surface area is 227 Å². The molecule has 0 unspecified atom stereocenters. The molecule has 196 valence electrons. The van der Waals surface area contributed by atoms with Crippen LogP contribution in [-0.2, 0) is 0 Å². The fraction of sp³-hybridized carbons (Fsp3) is 0.310. The predicted molar refractivity (Wildman–Crippen MR) is 146 cm³/mol. The number of rotatable bonds is 6. The molecular weight excluding hydrogens is 502 g/mol. The zero-order valence-corrected chi connectivity index (χ0v) is 22.5. The number of halogens is 1. The number of nitrogens with zero attached hydrogens (tertiary/aromatic N) is 2. The second-order valence-electron chi connectivity index (χ2n) is 10.8. The highest BCUT2D eigenvalue weighted by Gasteiger charge is 2.38. The van der Waals surface area contributed by atoms with Crippen LogP contribution in [0.1, 0.15) is 66.9 Å². The molecule has 8 nitrogen and oxygen atoms in total. The molecule has 0 spiro atoms.